The fraction of sp³-hybridized carbons (Fsp3) is 0.357. The summed E-state index contributed by atoms with van der Waals surface area (Å²) < 4.78 is 15.5. The highest BCUT2D eigenvalue weighted by Gasteiger charge is 2.07. The van der Waals surface area contributed by atoms with Crippen LogP contribution in [0.2, 0.25) is 0 Å². The van der Waals surface area contributed by atoms with E-state index < -0.39 is 0 Å². The lowest BCUT2D eigenvalue weighted by Gasteiger charge is -2.07. The molecule has 1 aromatic carbocycles. The Labute approximate surface area is 107 Å². The normalized spacial score (nSPS) is 10.7. The molecule has 0 saturated heterocycles. The summed E-state index contributed by atoms with van der Waals surface area (Å²) in [6.07, 6.45) is 2.85. The van der Waals surface area contributed by atoms with E-state index in [4.69, 9.17) is 0 Å². The average molecular weight is 247 g/mol. The first kappa shape index (κ1) is 12.6. The maximum absolute atomic E-state index is 13.7. The van der Waals surface area contributed by atoms with Gasteiger partial charge in [0.2, 0.25) is 0 Å². The summed E-state index contributed by atoms with van der Waals surface area (Å²) in [6, 6.07) is 5.20. The second-order valence-electron chi connectivity index (χ2n) is 4.47. The topological polar surface area (TPSA) is 29.9 Å². The second-order valence-corrected chi connectivity index (χ2v) is 4.47. The number of halogens is 1. The number of hydrogen-bond acceptors (Lipinski definition) is 2. The van der Waals surface area contributed by atoms with Crippen LogP contribution in [0.3, 0.4) is 0 Å². The van der Waals surface area contributed by atoms with Gasteiger partial charge in [-0.25, -0.2) is 4.39 Å². The van der Waals surface area contributed by atoms with Gasteiger partial charge in [0, 0.05) is 25.4 Å². The van der Waals surface area contributed by atoms with E-state index >= 15 is 0 Å². The van der Waals surface area contributed by atoms with Crippen LogP contribution in [0.4, 0.5) is 10.1 Å². The van der Waals surface area contributed by atoms with Crippen LogP contribution in [0, 0.1) is 12.7 Å². The third kappa shape index (κ3) is 2.70. The molecule has 0 aliphatic heterocycles. The van der Waals surface area contributed by atoms with Gasteiger partial charge in [-0.3, -0.25) is 4.68 Å². The van der Waals surface area contributed by atoms with E-state index in [0.717, 1.165) is 23.2 Å². The van der Waals surface area contributed by atoms with Crippen molar-refractivity contribution in [2.75, 3.05) is 5.32 Å². The molecule has 0 bridgehead atoms. The molecule has 0 amide bonds. The van der Waals surface area contributed by atoms with Crippen LogP contribution < -0.4 is 5.32 Å². The fourth-order valence-corrected chi connectivity index (χ4v) is 1.98. The highest BCUT2D eigenvalue weighted by atomic mass is 19.1. The molecule has 0 aliphatic rings. The van der Waals surface area contributed by atoms with Crippen LogP contribution >= 0.6 is 0 Å². The van der Waals surface area contributed by atoms with E-state index in [2.05, 4.69) is 17.3 Å². The summed E-state index contributed by atoms with van der Waals surface area (Å²) in [4.78, 5) is 0. The van der Waals surface area contributed by atoms with Crippen LogP contribution in [-0.4, -0.2) is 9.78 Å². The molecule has 0 fully saturated rings. The smallest absolute Gasteiger partial charge is 0.146 e. The van der Waals surface area contributed by atoms with Crippen molar-refractivity contribution in [3.05, 3.63) is 47.0 Å². The van der Waals surface area contributed by atoms with Crippen molar-refractivity contribution >= 4 is 5.69 Å². The molecule has 1 aromatic heterocycles. The Bertz CT molecular complexity index is 546. The molecule has 2 rings (SSSR count). The lowest BCUT2D eigenvalue weighted by molar-refractivity contribution is 0.629. The SMILES string of the molecule is CCc1nn(C)cc1CNc1ccc(C)cc1F. The standard InChI is InChI=1S/C14H18FN3/c1-4-13-11(9-18(3)17-13)8-16-14-6-5-10(2)7-12(14)15/h5-7,9,16H,4,8H2,1-3H3. The first-order valence-corrected chi connectivity index (χ1v) is 6.11. The predicted octanol–water partition coefficient (Wildman–Crippen LogP) is 3.04. The van der Waals surface area contributed by atoms with Crippen molar-refractivity contribution in [3.63, 3.8) is 0 Å². The van der Waals surface area contributed by atoms with E-state index in [0.29, 0.717) is 12.2 Å². The zero-order valence-electron chi connectivity index (χ0n) is 11.0. The predicted molar refractivity (Wildman–Crippen MR) is 71.0 cm³/mol. The van der Waals surface area contributed by atoms with Gasteiger partial charge in [0.05, 0.1) is 11.4 Å². The molecule has 1 heterocycles. The quantitative estimate of drug-likeness (QED) is 0.900. The third-order valence-corrected chi connectivity index (χ3v) is 2.92. The fourth-order valence-electron chi connectivity index (χ4n) is 1.98. The molecule has 3 nitrogen and oxygen atoms in total. The molecule has 1 N–H and O–H groups in total. The number of anilines is 1. The van der Waals surface area contributed by atoms with Gasteiger partial charge in [0.15, 0.2) is 0 Å². The first-order chi connectivity index (χ1) is 8.60. The van der Waals surface area contributed by atoms with Gasteiger partial charge in [-0.05, 0) is 31.0 Å². The molecular weight excluding hydrogens is 229 g/mol. The van der Waals surface area contributed by atoms with Crippen molar-refractivity contribution in [3.8, 4) is 0 Å². The molecule has 18 heavy (non-hydrogen) atoms. The summed E-state index contributed by atoms with van der Waals surface area (Å²) >= 11 is 0. The van der Waals surface area contributed by atoms with E-state index in [1.165, 1.54) is 6.07 Å². The van der Waals surface area contributed by atoms with Crippen molar-refractivity contribution < 1.29 is 4.39 Å². The van der Waals surface area contributed by atoms with Gasteiger partial charge in [0.25, 0.3) is 0 Å². The van der Waals surface area contributed by atoms with Crippen molar-refractivity contribution in [1.29, 1.82) is 0 Å². The number of aromatic nitrogens is 2. The maximum Gasteiger partial charge on any atom is 0.146 e. The second kappa shape index (κ2) is 5.21. The number of nitrogens with one attached hydrogen (secondary N) is 1. The Kier molecular flexibility index (Phi) is 3.65. The highest BCUT2D eigenvalue weighted by Crippen LogP contribution is 2.17. The summed E-state index contributed by atoms with van der Waals surface area (Å²) in [7, 11) is 1.90. The zero-order chi connectivity index (χ0) is 13.1. The molecule has 0 aliphatic carbocycles. The Morgan fingerprint density at radius 1 is 1.39 bits per heavy atom. The van der Waals surface area contributed by atoms with Gasteiger partial charge in [-0.2, -0.15) is 5.10 Å². The van der Waals surface area contributed by atoms with Crippen molar-refractivity contribution in [2.24, 2.45) is 7.05 Å². The van der Waals surface area contributed by atoms with Gasteiger partial charge in [-0.15, -0.1) is 0 Å². The minimum atomic E-state index is -0.211. The summed E-state index contributed by atoms with van der Waals surface area (Å²) in [5.41, 5.74) is 3.62. The van der Waals surface area contributed by atoms with E-state index in [-0.39, 0.29) is 5.82 Å². The first-order valence-electron chi connectivity index (χ1n) is 6.11. The number of hydrogen-bond donors (Lipinski definition) is 1. The summed E-state index contributed by atoms with van der Waals surface area (Å²) in [5, 5.41) is 7.48. The van der Waals surface area contributed by atoms with Gasteiger partial charge in [0.1, 0.15) is 5.82 Å². The Balaban J connectivity index is 2.11. The van der Waals surface area contributed by atoms with Crippen LogP contribution in [-0.2, 0) is 20.0 Å². The molecule has 0 spiro atoms. The monoisotopic (exact) mass is 247 g/mol. The number of rotatable bonds is 4. The summed E-state index contributed by atoms with van der Waals surface area (Å²) in [5.74, 6) is -0.211. The molecule has 96 valence electrons. The number of nitrogens with zero attached hydrogens (tertiary/aromatic N) is 2. The third-order valence-electron chi connectivity index (χ3n) is 2.92. The van der Waals surface area contributed by atoms with Crippen LogP contribution in [0.15, 0.2) is 24.4 Å². The maximum atomic E-state index is 13.7. The number of benzene rings is 1. The van der Waals surface area contributed by atoms with Crippen LogP contribution in [0.25, 0.3) is 0 Å². The largest absolute Gasteiger partial charge is 0.378 e. The molecule has 2 aromatic rings. The Hall–Kier alpha value is -1.84. The van der Waals surface area contributed by atoms with Gasteiger partial charge >= 0.3 is 0 Å². The zero-order valence-corrected chi connectivity index (χ0v) is 11.0. The average Bonchev–Trinajstić information content (AvgIpc) is 2.68. The Morgan fingerprint density at radius 2 is 2.17 bits per heavy atom. The van der Waals surface area contributed by atoms with Crippen LogP contribution in [0.5, 0.6) is 0 Å². The minimum absolute atomic E-state index is 0.211. The molecule has 0 atom stereocenters. The van der Waals surface area contributed by atoms with E-state index in [9.17, 15) is 4.39 Å². The summed E-state index contributed by atoms with van der Waals surface area (Å²) in [6.45, 7) is 4.54. The van der Waals surface area contributed by atoms with Gasteiger partial charge < -0.3 is 5.32 Å². The van der Waals surface area contributed by atoms with Crippen LogP contribution in [0.1, 0.15) is 23.7 Å². The van der Waals surface area contributed by atoms with E-state index in [1.807, 2.05) is 26.2 Å². The number of aryl methyl sites for hydroxylation is 3. The molecule has 0 radical (unpaired) electrons. The Morgan fingerprint density at radius 3 is 2.83 bits per heavy atom. The minimum Gasteiger partial charge on any atom is -0.378 e. The van der Waals surface area contributed by atoms with Gasteiger partial charge in [-0.1, -0.05) is 13.0 Å². The molecule has 0 saturated carbocycles. The van der Waals surface area contributed by atoms with E-state index in [1.54, 1.807) is 10.7 Å². The molecule has 4 heteroatoms. The van der Waals surface area contributed by atoms with Crippen molar-refractivity contribution in [2.45, 2.75) is 26.8 Å². The molecule has 0 unspecified atom stereocenters. The lowest BCUT2D eigenvalue weighted by Crippen LogP contribution is -2.03. The highest BCUT2D eigenvalue weighted by molar-refractivity contribution is 5.46. The molecular formula is C14H18FN3. The van der Waals surface area contributed by atoms with Crippen molar-refractivity contribution in [1.82, 2.24) is 9.78 Å². The lowest BCUT2D eigenvalue weighted by atomic mass is 10.2.